The average Bonchev–Trinajstić information content (AvgIpc) is 2.34. The normalized spacial score (nSPS) is 13.2. The van der Waals surface area contributed by atoms with Crippen molar-refractivity contribution in [1.82, 2.24) is 4.72 Å². The summed E-state index contributed by atoms with van der Waals surface area (Å²) in [6.07, 6.45) is -0.954. The van der Waals surface area contributed by atoms with Gasteiger partial charge in [0.2, 0.25) is 10.0 Å². The molecule has 19 heavy (non-hydrogen) atoms. The maximum Gasteiger partial charge on any atom is 0.306 e. The van der Waals surface area contributed by atoms with Crippen LogP contribution in [0, 0.1) is 6.92 Å². The number of methoxy groups -OCH3 is 1. The van der Waals surface area contributed by atoms with Gasteiger partial charge in [0, 0.05) is 13.7 Å². The van der Waals surface area contributed by atoms with Gasteiger partial charge >= 0.3 is 5.97 Å². The predicted molar refractivity (Wildman–Crippen MR) is 69.4 cm³/mol. The van der Waals surface area contributed by atoms with Gasteiger partial charge in [-0.05, 0) is 19.1 Å². The first-order valence-electron chi connectivity index (χ1n) is 5.66. The Bertz CT molecular complexity index is 524. The standard InChI is InChI=1S/C12H17NO5S/c1-9-3-5-11(6-4-9)19(16,17)13-8-10(18-2)7-12(14)15/h3-6,10,13H,7-8H2,1-2H3,(H,14,15). The highest BCUT2D eigenvalue weighted by Gasteiger charge is 2.18. The van der Waals surface area contributed by atoms with Crippen molar-refractivity contribution in [1.29, 1.82) is 0 Å². The van der Waals surface area contributed by atoms with Crippen molar-refractivity contribution in [3.63, 3.8) is 0 Å². The van der Waals surface area contributed by atoms with Crippen LogP contribution >= 0.6 is 0 Å². The second-order valence-electron chi connectivity index (χ2n) is 4.12. The number of aryl methyl sites for hydroxylation is 1. The average molecular weight is 287 g/mol. The van der Waals surface area contributed by atoms with Crippen LogP contribution in [0.25, 0.3) is 0 Å². The summed E-state index contributed by atoms with van der Waals surface area (Å²) in [6, 6.07) is 6.38. The van der Waals surface area contributed by atoms with Gasteiger partial charge in [-0.1, -0.05) is 17.7 Å². The monoisotopic (exact) mass is 287 g/mol. The summed E-state index contributed by atoms with van der Waals surface area (Å²) in [6.45, 7) is 1.77. The summed E-state index contributed by atoms with van der Waals surface area (Å²) >= 11 is 0. The number of carbonyl (C=O) groups is 1. The Balaban J connectivity index is 2.69. The van der Waals surface area contributed by atoms with Crippen molar-refractivity contribution in [3.05, 3.63) is 29.8 Å². The van der Waals surface area contributed by atoms with E-state index in [1.807, 2.05) is 6.92 Å². The third kappa shape index (κ3) is 4.98. The highest BCUT2D eigenvalue weighted by molar-refractivity contribution is 7.89. The summed E-state index contributed by atoms with van der Waals surface area (Å²) < 4.78 is 31.1. The van der Waals surface area contributed by atoms with Crippen LogP contribution in [0.4, 0.5) is 0 Å². The van der Waals surface area contributed by atoms with Crippen LogP contribution in [0.1, 0.15) is 12.0 Å². The first kappa shape index (κ1) is 15.6. The minimum atomic E-state index is -3.64. The van der Waals surface area contributed by atoms with Crippen LogP contribution in [0.3, 0.4) is 0 Å². The summed E-state index contributed by atoms with van der Waals surface area (Å²) in [4.78, 5) is 10.7. The Kier molecular flexibility index (Phi) is 5.46. The van der Waals surface area contributed by atoms with E-state index in [4.69, 9.17) is 9.84 Å². The van der Waals surface area contributed by atoms with Gasteiger partial charge in [-0.15, -0.1) is 0 Å². The maximum absolute atomic E-state index is 11.9. The van der Waals surface area contributed by atoms with Gasteiger partial charge in [0.15, 0.2) is 0 Å². The Morgan fingerprint density at radius 3 is 2.42 bits per heavy atom. The number of sulfonamides is 1. The smallest absolute Gasteiger partial charge is 0.306 e. The number of hydrogen-bond acceptors (Lipinski definition) is 4. The van der Waals surface area contributed by atoms with E-state index >= 15 is 0 Å². The molecule has 0 aliphatic heterocycles. The van der Waals surface area contributed by atoms with Crippen molar-refractivity contribution < 1.29 is 23.1 Å². The summed E-state index contributed by atoms with van der Waals surface area (Å²) in [5.74, 6) is -1.04. The number of ether oxygens (including phenoxy) is 1. The van der Waals surface area contributed by atoms with E-state index in [0.717, 1.165) is 5.56 Å². The summed E-state index contributed by atoms with van der Waals surface area (Å²) in [7, 11) is -2.30. The zero-order valence-electron chi connectivity index (χ0n) is 10.8. The summed E-state index contributed by atoms with van der Waals surface area (Å²) in [5.41, 5.74) is 0.958. The zero-order chi connectivity index (χ0) is 14.5. The van der Waals surface area contributed by atoms with Crippen molar-refractivity contribution in [3.8, 4) is 0 Å². The molecule has 1 rings (SSSR count). The zero-order valence-corrected chi connectivity index (χ0v) is 11.6. The molecular formula is C12H17NO5S. The van der Waals surface area contributed by atoms with Crippen molar-refractivity contribution in [2.75, 3.05) is 13.7 Å². The fourth-order valence-corrected chi connectivity index (χ4v) is 2.50. The van der Waals surface area contributed by atoms with Gasteiger partial charge in [-0.25, -0.2) is 13.1 Å². The first-order chi connectivity index (χ1) is 8.85. The predicted octanol–water partition coefficient (Wildman–Crippen LogP) is 0.763. The van der Waals surface area contributed by atoms with E-state index in [-0.39, 0.29) is 17.9 Å². The van der Waals surface area contributed by atoms with E-state index in [1.165, 1.54) is 19.2 Å². The molecule has 0 aliphatic rings. The molecule has 0 spiro atoms. The molecule has 0 saturated carbocycles. The minimum Gasteiger partial charge on any atom is -0.481 e. The van der Waals surface area contributed by atoms with Crippen LogP contribution in [0.15, 0.2) is 29.2 Å². The fourth-order valence-electron chi connectivity index (χ4n) is 1.44. The lowest BCUT2D eigenvalue weighted by atomic mass is 10.2. The van der Waals surface area contributed by atoms with Gasteiger partial charge in [0.1, 0.15) is 0 Å². The lowest BCUT2D eigenvalue weighted by Crippen LogP contribution is -2.34. The topological polar surface area (TPSA) is 92.7 Å². The minimum absolute atomic E-state index is 0.0843. The van der Waals surface area contributed by atoms with Gasteiger partial charge in [0.05, 0.1) is 17.4 Å². The number of carboxylic acids is 1. The Labute approximate surface area is 112 Å². The van der Waals surface area contributed by atoms with Crippen molar-refractivity contribution >= 4 is 16.0 Å². The lowest BCUT2D eigenvalue weighted by Gasteiger charge is -2.14. The number of rotatable bonds is 7. The lowest BCUT2D eigenvalue weighted by molar-refractivity contribution is -0.139. The van der Waals surface area contributed by atoms with Gasteiger partial charge in [-0.2, -0.15) is 0 Å². The third-order valence-corrected chi connectivity index (χ3v) is 4.01. The SMILES string of the molecule is COC(CNS(=O)(=O)c1ccc(C)cc1)CC(=O)O. The van der Waals surface area contributed by atoms with Crippen LogP contribution in [0.5, 0.6) is 0 Å². The highest BCUT2D eigenvalue weighted by Crippen LogP contribution is 2.10. The molecule has 0 amide bonds. The molecule has 0 aliphatic carbocycles. The maximum atomic E-state index is 11.9. The molecule has 0 radical (unpaired) electrons. The largest absolute Gasteiger partial charge is 0.481 e. The highest BCUT2D eigenvalue weighted by atomic mass is 32.2. The molecule has 2 N–H and O–H groups in total. The molecule has 1 aromatic rings. The molecule has 0 fully saturated rings. The Hall–Kier alpha value is -1.44. The number of carboxylic acid groups (broad SMARTS) is 1. The van der Waals surface area contributed by atoms with Gasteiger partial charge in [0.25, 0.3) is 0 Å². The number of nitrogens with one attached hydrogen (secondary N) is 1. The van der Waals surface area contributed by atoms with Crippen LogP contribution in [0.2, 0.25) is 0 Å². The molecule has 7 heteroatoms. The molecule has 0 aromatic heterocycles. The van der Waals surface area contributed by atoms with E-state index < -0.39 is 22.1 Å². The van der Waals surface area contributed by atoms with Crippen LogP contribution in [-0.4, -0.2) is 39.3 Å². The second kappa shape index (κ2) is 6.65. The molecule has 1 aromatic carbocycles. The second-order valence-corrected chi connectivity index (χ2v) is 5.89. The van der Waals surface area contributed by atoms with Crippen LogP contribution in [-0.2, 0) is 19.6 Å². The Morgan fingerprint density at radius 2 is 1.95 bits per heavy atom. The van der Waals surface area contributed by atoms with E-state index in [2.05, 4.69) is 4.72 Å². The van der Waals surface area contributed by atoms with Gasteiger partial charge < -0.3 is 9.84 Å². The Morgan fingerprint density at radius 1 is 1.37 bits per heavy atom. The molecule has 0 saturated heterocycles. The van der Waals surface area contributed by atoms with E-state index in [9.17, 15) is 13.2 Å². The van der Waals surface area contributed by atoms with Crippen molar-refractivity contribution in [2.24, 2.45) is 0 Å². The van der Waals surface area contributed by atoms with E-state index in [1.54, 1.807) is 12.1 Å². The van der Waals surface area contributed by atoms with Crippen LogP contribution < -0.4 is 4.72 Å². The van der Waals surface area contributed by atoms with Crippen molar-refractivity contribution in [2.45, 2.75) is 24.3 Å². The molecule has 6 nitrogen and oxygen atoms in total. The number of aliphatic carboxylic acids is 1. The third-order valence-electron chi connectivity index (χ3n) is 2.57. The molecule has 0 bridgehead atoms. The molecule has 1 unspecified atom stereocenters. The summed E-state index contributed by atoms with van der Waals surface area (Å²) in [5, 5.41) is 8.63. The molecule has 1 atom stereocenters. The number of hydrogen-bond donors (Lipinski definition) is 2. The first-order valence-corrected chi connectivity index (χ1v) is 7.14. The quantitative estimate of drug-likeness (QED) is 0.772. The fraction of sp³-hybridized carbons (Fsp3) is 0.417. The van der Waals surface area contributed by atoms with E-state index in [0.29, 0.717) is 0 Å². The molecule has 0 heterocycles. The molecule has 106 valence electrons. The number of benzene rings is 1. The molecular weight excluding hydrogens is 270 g/mol. The van der Waals surface area contributed by atoms with Gasteiger partial charge in [-0.3, -0.25) is 4.79 Å².